The van der Waals surface area contributed by atoms with E-state index in [1.807, 2.05) is 54.4 Å². The van der Waals surface area contributed by atoms with Gasteiger partial charge in [0.15, 0.2) is 0 Å². The first-order chi connectivity index (χ1) is 10.2. The number of hydrogen-bond acceptors (Lipinski definition) is 3. The molecule has 0 saturated carbocycles. The highest BCUT2D eigenvalue weighted by Gasteiger charge is 2.24. The first-order valence-corrected chi connectivity index (χ1v) is 7.21. The van der Waals surface area contributed by atoms with Crippen molar-refractivity contribution in [3.63, 3.8) is 0 Å². The molecule has 5 heteroatoms. The van der Waals surface area contributed by atoms with Crippen molar-refractivity contribution >= 4 is 5.91 Å². The number of para-hydroxylation sites is 1. The third kappa shape index (κ3) is 3.13. The highest BCUT2D eigenvalue weighted by Crippen LogP contribution is 2.11. The van der Waals surface area contributed by atoms with Gasteiger partial charge in [0.25, 0.3) is 0 Å². The zero-order valence-corrected chi connectivity index (χ0v) is 12.1. The van der Waals surface area contributed by atoms with E-state index >= 15 is 0 Å². The minimum absolute atomic E-state index is 0.115. The maximum absolute atomic E-state index is 12.3. The molecule has 0 radical (unpaired) electrons. The fourth-order valence-corrected chi connectivity index (χ4v) is 2.53. The Labute approximate surface area is 124 Å². The van der Waals surface area contributed by atoms with Crippen LogP contribution >= 0.6 is 0 Å². The summed E-state index contributed by atoms with van der Waals surface area (Å²) in [5.41, 5.74) is 1.79. The predicted octanol–water partition coefficient (Wildman–Crippen LogP) is 1.66. The molecule has 5 nitrogen and oxygen atoms in total. The van der Waals surface area contributed by atoms with Crippen LogP contribution in [0.5, 0.6) is 0 Å². The standard InChI is InChI=1S/C16H19N3O2/c1-13-12-21-10-9-18(13)16(20)11-14-7-8-19(17-14)15-5-3-2-4-6-15/h2-8,13H,9-12H2,1H3/t13-/m0/s1. The van der Waals surface area contributed by atoms with E-state index in [-0.39, 0.29) is 11.9 Å². The van der Waals surface area contributed by atoms with E-state index in [0.29, 0.717) is 26.2 Å². The molecule has 0 N–H and O–H groups in total. The molecule has 21 heavy (non-hydrogen) atoms. The number of benzene rings is 1. The van der Waals surface area contributed by atoms with E-state index in [1.54, 1.807) is 4.68 Å². The molecule has 1 aliphatic heterocycles. The van der Waals surface area contributed by atoms with Crippen molar-refractivity contribution in [1.29, 1.82) is 0 Å². The lowest BCUT2D eigenvalue weighted by atomic mass is 10.2. The number of ether oxygens (including phenoxy) is 1. The van der Waals surface area contributed by atoms with Gasteiger partial charge in [0, 0.05) is 12.7 Å². The molecule has 0 unspecified atom stereocenters. The van der Waals surface area contributed by atoms with Crippen molar-refractivity contribution in [2.24, 2.45) is 0 Å². The summed E-state index contributed by atoms with van der Waals surface area (Å²) in [6, 6.07) is 11.9. The average Bonchev–Trinajstić information content (AvgIpc) is 2.97. The number of aromatic nitrogens is 2. The Morgan fingerprint density at radius 1 is 1.33 bits per heavy atom. The molecule has 1 aromatic heterocycles. The largest absolute Gasteiger partial charge is 0.377 e. The molecule has 2 heterocycles. The molecule has 0 bridgehead atoms. The maximum Gasteiger partial charge on any atom is 0.229 e. The zero-order valence-electron chi connectivity index (χ0n) is 12.1. The highest BCUT2D eigenvalue weighted by molar-refractivity contribution is 5.78. The second kappa shape index (κ2) is 6.10. The van der Waals surface area contributed by atoms with Gasteiger partial charge in [-0.2, -0.15) is 5.10 Å². The van der Waals surface area contributed by atoms with Crippen LogP contribution in [0.2, 0.25) is 0 Å². The normalized spacial score (nSPS) is 18.7. The highest BCUT2D eigenvalue weighted by atomic mass is 16.5. The topological polar surface area (TPSA) is 47.4 Å². The lowest BCUT2D eigenvalue weighted by Crippen LogP contribution is -2.47. The number of amides is 1. The average molecular weight is 285 g/mol. The van der Waals surface area contributed by atoms with Crippen LogP contribution in [-0.4, -0.2) is 46.4 Å². The van der Waals surface area contributed by atoms with Crippen LogP contribution in [0.3, 0.4) is 0 Å². The number of morpholine rings is 1. The van der Waals surface area contributed by atoms with Gasteiger partial charge in [-0.1, -0.05) is 18.2 Å². The van der Waals surface area contributed by atoms with E-state index in [4.69, 9.17) is 4.74 Å². The molecule has 3 rings (SSSR count). The molecule has 110 valence electrons. The molecule has 2 aromatic rings. The monoisotopic (exact) mass is 285 g/mol. The van der Waals surface area contributed by atoms with Crippen molar-refractivity contribution in [2.75, 3.05) is 19.8 Å². The van der Waals surface area contributed by atoms with E-state index < -0.39 is 0 Å². The van der Waals surface area contributed by atoms with Crippen LogP contribution in [0.15, 0.2) is 42.6 Å². The van der Waals surface area contributed by atoms with Gasteiger partial charge in [-0.3, -0.25) is 4.79 Å². The molecular weight excluding hydrogens is 266 g/mol. The van der Waals surface area contributed by atoms with E-state index in [9.17, 15) is 4.79 Å². The van der Waals surface area contributed by atoms with E-state index in [0.717, 1.165) is 11.4 Å². The first-order valence-electron chi connectivity index (χ1n) is 7.21. The van der Waals surface area contributed by atoms with Gasteiger partial charge in [0.2, 0.25) is 5.91 Å². The number of rotatable bonds is 3. The molecule has 1 atom stereocenters. The van der Waals surface area contributed by atoms with Gasteiger partial charge < -0.3 is 9.64 Å². The fraction of sp³-hybridized carbons (Fsp3) is 0.375. The minimum Gasteiger partial charge on any atom is -0.377 e. The SMILES string of the molecule is C[C@H]1COCCN1C(=O)Cc1ccn(-c2ccccc2)n1. The van der Waals surface area contributed by atoms with Crippen molar-refractivity contribution < 1.29 is 9.53 Å². The summed E-state index contributed by atoms with van der Waals surface area (Å²) >= 11 is 0. The number of carbonyl (C=O) groups is 1. The summed E-state index contributed by atoms with van der Waals surface area (Å²) in [6.07, 6.45) is 2.23. The summed E-state index contributed by atoms with van der Waals surface area (Å²) < 4.78 is 7.16. The van der Waals surface area contributed by atoms with Crippen LogP contribution < -0.4 is 0 Å². The second-order valence-electron chi connectivity index (χ2n) is 5.28. The van der Waals surface area contributed by atoms with Crippen molar-refractivity contribution in [1.82, 2.24) is 14.7 Å². The summed E-state index contributed by atoms with van der Waals surface area (Å²) in [7, 11) is 0. The Bertz CT molecular complexity index is 609. The predicted molar refractivity (Wildman–Crippen MR) is 79.3 cm³/mol. The summed E-state index contributed by atoms with van der Waals surface area (Å²) in [6.45, 7) is 3.91. The Hall–Kier alpha value is -2.14. The van der Waals surface area contributed by atoms with Crippen LogP contribution in [0.4, 0.5) is 0 Å². The quantitative estimate of drug-likeness (QED) is 0.861. The molecule has 0 aliphatic carbocycles. The molecule has 1 amide bonds. The van der Waals surface area contributed by atoms with Gasteiger partial charge in [-0.15, -0.1) is 0 Å². The van der Waals surface area contributed by atoms with Gasteiger partial charge in [-0.25, -0.2) is 4.68 Å². The maximum atomic E-state index is 12.3. The first kappa shape index (κ1) is 13.8. The van der Waals surface area contributed by atoms with Crippen molar-refractivity contribution in [3.8, 4) is 5.69 Å². The van der Waals surface area contributed by atoms with Crippen LogP contribution in [0.1, 0.15) is 12.6 Å². The lowest BCUT2D eigenvalue weighted by Gasteiger charge is -2.33. The Kier molecular flexibility index (Phi) is 4.01. The van der Waals surface area contributed by atoms with Gasteiger partial charge >= 0.3 is 0 Å². The van der Waals surface area contributed by atoms with Crippen LogP contribution in [0, 0.1) is 0 Å². The number of nitrogens with zero attached hydrogens (tertiary/aromatic N) is 3. The third-order valence-electron chi connectivity index (χ3n) is 3.69. The molecular formula is C16H19N3O2. The third-order valence-corrected chi connectivity index (χ3v) is 3.69. The van der Waals surface area contributed by atoms with Crippen LogP contribution in [-0.2, 0) is 16.0 Å². The van der Waals surface area contributed by atoms with Gasteiger partial charge in [0.05, 0.1) is 37.1 Å². The summed E-state index contributed by atoms with van der Waals surface area (Å²) in [4.78, 5) is 14.2. The van der Waals surface area contributed by atoms with Gasteiger partial charge in [0.1, 0.15) is 0 Å². The molecule has 0 spiro atoms. The summed E-state index contributed by atoms with van der Waals surface area (Å²) in [5.74, 6) is 0.115. The molecule has 1 saturated heterocycles. The zero-order chi connectivity index (χ0) is 14.7. The molecule has 1 fully saturated rings. The van der Waals surface area contributed by atoms with Crippen molar-refractivity contribution in [3.05, 3.63) is 48.3 Å². The fourth-order valence-electron chi connectivity index (χ4n) is 2.53. The van der Waals surface area contributed by atoms with Crippen molar-refractivity contribution in [2.45, 2.75) is 19.4 Å². The second-order valence-corrected chi connectivity index (χ2v) is 5.28. The number of carbonyl (C=O) groups excluding carboxylic acids is 1. The Morgan fingerprint density at radius 2 is 2.14 bits per heavy atom. The Balaban J connectivity index is 1.68. The smallest absolute Gasteiger partial charge is 0.229 e. The van der Waals surface area contributed by atoms with Crippen LogP contribution in [0.25, 0.3) is 5.69 Å². The lowest BCUT2D eigenvalue weighted by molar-refractivity contribution is -0.138. The Morgan fingerprint density at radius 3 is 2.90 bits per heavy atom. The van der Waals surface area contributed by atoms with Gasteiger partial charge in [-0.05, 0) is 25.1 Å². The molecule has 1 aromatic carbocycles. The minimum atomic E-state index is 0.115. The summed E-state index contributed by atoms with van der Waals surface area (Å²) in [5, 5.41) is 4.48. The number of hydrogen-bond donors (Lipinski definition) is 0. The van der Waals surface area contributed by atoms with E-state index in [2.05, 4.69) is 5.10 Å². The van der Waals surface area contributed by atoms with E-state index in [1.165, 1.54) is 0 Å². The molecule has 1 aliphatic rings.